The van der Waals surface area contributed by atoms with Gasteiger partial charge in [0, 0.05) is 23.5 Å². The molecule has 0 saturated carbocycles. The van der Waals surface area contributed by atoms with Gasteiger partial charge in [-0.25, -0.2) is 4.98 Å². The fourth-order valence-corrected chi connectivity index (χ4v) is 3.36. The van der Waals surface area contributed by atoms with Crippen molar-refractivity contribution in [3.63, 3.8) is 0 Å². The molecule has 0 aliphatic rings. The van der Waals surface area contributed by atoms with Crippen molar-refractivity contribution in [3.8, 4) is 0 Å². The molecule has 25 heavy (non-hydrogen) atoms. The Kier molecular flexibility index (Phi) is 7.23. The lowest BCUT2D eigenvalue weighted by molar-refractivity contribution is 0.0757. The van der Waals surface area contributed by atoms with Gasteiger partial charge in [0.2, 0.25) is 0 Å². The van der Waals surface area contributed by atoms with Gasteiger partial charge in [-0.1, -0.05) is 36.5 Å². The van der Waals surface area contributed by atoms with Crippen molar-refractivity contribution < 1.29 is 9.59 Å². The molecule has 0 atom stereocenters. The lowest BCUT2D eigenvalue weighted by Gasteiger charge is -2.19. The number of nitrogens with one attached hydrogen (secondary N) is 1. The van der Waals surface area contributed by atoms with Crippen LogP contribution in [0.4, 0.5) is 5.13 Å². The quantitative estimate of drug-likeness (QED) is 0.714. The van der Waals surface area contributed by atoms with Crippen LogP contribution in [0.15, 0.2) is 23.6 Å². The number of benzene rings is 1. The van der Waals surface area contributed by atoms with Crippen LogP contribution in [0.1, 0.15) is 47.5 Å². The summed E-state index contributed by atoms with van der Waals surface area (Å²) in [6, 6.07) is 4.64. The summed E-state index contributed by atoms with van der Waals surface area (Å²) in [6.07, 6.45) is 1.96. The number of hydrogen-bond donors (Lipinski definition) is 1. The zero-order valence-electron chi connectivity index (χ0n) is 14.0. The number of thiazole rings is 1. The van der Waals surface area contributed by atoms with E-state index < -0.39 is 5.91 Å². The first-order valence-electron chi connectivity index (χ1n) is 7.97. The van der Waals surface area contributed by atoms with Crippen molar-refractivity contribution in [1.29, 1.82) is 0 Å². The lowest BCUT2D eigenvalue weighted by Crippen LogP contribution is -2.32. The van der Waals surface area contributed by atoms with Gasteiger partial charge in [0.15, 0.2) is 5.13 Å². The number of unbranched alkanes of at least 4 members (excludes halogenated alkanes) is 1. The molecule has 2 amide bonds. The summed E-state index contributed by atoms with van der Waals surface area (Å²) in [6.45, 7) is 5.34. The monoisotopic (exact) mass is 399 g/mol. The number of amides is 2. The predicted octanol–water partition coefficient (Wildman–Crippen LogP) is 4.96. The van der Waals surface area contributed by atoms with E-state index in [4.69, 9.17) is 23.2 Å². The van der Waals surface area contributed by atoms with Gasteiger partial charge in [-0.05, 0) is 31.5 Å². The molecule has 0 aliphatic heterocycles. The molecular weight excluding hydrogens is 381 g/mol. The van der Waals surface area contributed by atoms with Crippen LogP contribution in [0.25, 0.3) is 0 Å². The molecule has 1 heterocycles. The van der Waals surface area contributed by atoms with E-state index in [2.05, 4.69) is 17.2 Å². The van der Waals surface area contributed by atoms with E-state index in [0.717, 1.165) is 12.8 Å². The molecule has 1 aromatic carbocycles. The molecule has 0 bridgehead atoms. The number of halogens is 2. The molecule has 0 unspecified atom stereocenters. The highest BCUT2D eigenvalue weighted by Gasteiger charge is 2.18. The lowest BCUT2D eigenvalue weighted by atomic mass is 10.2. The minimum Gasteiger partial charge on any atom is -0.338 e. The molecule has 134 valence electrons. The van der Waals surface area contributed by atoms with E-state index in [1.165, 1.54) is 17.4 Å². The van der Waals surface area contributed by atoms with E-state index in [0.29, 0.717) is 34.5 Å². The van der Waals surface area contributed by atoms with Crippen LogP contribution in [-0.2, 0) is 0 Å². The van der Waals surface area contributed by atoms with Crippen molar-refractivity contribution >= 4 is 51.5 Å². The Hall–Kier alpha value is -1.63. The second-order valence-corrected chi connectivity index (χ2v) is 7.06. The van der Waals surface area contributed by atoms with Gasteiger partial charge in [0.05, 0.1) is 10.6 Å². The zero-order valence-corrected chi connectivity index (χ0v) is 16.3. The largest absolute Gasteiger partial charge is 0.338 e. The minimum absolute atomic E-state index is 0.128. The van der Waals surface area contributed by atoms with E-state index >= 15 is 0 Å². The van der Waals surface area contributed by atoms with Gasteiger partial charge in [0.25, 0.3) is 11.8 Å². The molecule has 1 aromatic heterocycles. The molecule has 0 saturated heterocycles. The first kappa shape index (κ1) is 19.7. The summed E-state index contributed by atoms with van der Waals surface area (Å²) in [5.41, 5.74) is 0.632. The molecule has 0 aliphatic carbocycles. The van der Waals surface area contributed by atoms with Crippen LogP contribution in [0.3, 0.4) is 0 Å². The standard InChI is InChI=1S/C17H19Cl2N3O2S/c1-3-5-8-22(4-2)16(24)14-10-25-17(20-14)21-15(23)12-7-6-11(18)9-13(12)19/h6-7,9-10H,3-5,8H2,1-2H3,(H,20,21,23). The molecule has 5 nitrogen and oxygen atoms in total. The van der Waals surface area contributed by atoms with Gasteiger partial charge in [-0.3, -0.25) is 14.9 Å². The maximum atomic E-state index is 12.5. The number of carbonyl (C=O) groups is 2. The Balaban J connectivity index is 2.07. The summed E-state index contributed by atoms with van der Waals surface area (Å²) >= 11 is 13.1. The average Bonchev–Trinajstić information content (AvgIpc) is 3.03. The Morgan fingerprint density at radius 1 is 1.28 bits per heavy atom. The van der Waals surface area contributed by atoms with E-state index in [-0.39, 0.29) is 10.9 Å². The smallest absolute Gasteiger partial charge is 0.273 e. The van der Waals surface area contributed by atoms with Crippen LogP contribution in [0.2, 0.25) is 10.0 Å². The number of rotatable bonds is 7. The van der Waals surface area contributed by atoms with Crippen LogP contribution in [0.5, 0.6) is 0 Å². The van der Waals surface area contributed by atoms with E-state index in [9.17, 15) is 9.59 Å². The fourth-order valence-electron chi connectivity index (χ4n) is 2.18. The normalized spacial score (nSPS) is 10.6. The number of anilines is 1. The fraction of sp³-hybridized carbons (Fsp3) is 0.353. The van der Waals surface area contributed by atoms with Gasteiger partial charge in [-0.15, -0.1) is 11.3 Å². The first-order chi connectivity index (χ1) is 12.0. The predicted molar refractivity (Wildman–Crippen MR) is 103 cm³/mol. The highest BCUT2D eigenvalue weighted by Crippen LogP contribution is 2.23. The van der Waals surface area contributed by atoms with Crippen molar-refractivity contribution in [1.82, 2.24) is 9.88 Å². The van der Waals surface area contributed by atoms with Gasteiger partial charge >= 0.3 is 0 Å². The number of nitrogens with zero attached hydrogens (tertiary/aromatic N) is 2. The van der Waals surface area contributed by atoms with Crippen LogP contribution in [-0.4, -0.2) is 34.8 Å². The molecule has 8 heteroatoms. The molecule has 2 aromatic rings. The van der Waals surface area contributed by atoms with Crippen molar-refractivity contribution in [2.45, 2.75) is 26.7 Å². The van der Waals surface area contributed by atoms with E-state index in [1.54, 1.807) is 22.4 Å². The highest BCUT2D eigenvalue weighted by atomic mass is 35.5. The third-order valence-electron chi connectivity index (χ3n) is 3.57. The van der Waals surface area contributed by atoms with Gasteiger partial charge in [-0.2, -0.15) is 0 Å². The Bertz CT molecular complexity index is 764. The Labute approximate surface area is 161 Å². The topological polar surface area (TPSA) is 62.3 Å². The SMILES string of the molecule is CCCCN(CC)C(=O)c1csc(NC(=O)c2ccc(Cl)cc2Cl)n1. The number of hydrogen-bond acceptors (Lipinski definition) is 4. The third kappa shape index (κ3) is 5.17. The summed E-state index contributed by atoms with van der Waals surface area (Å²) in [5.74, 6) is -0.523. The minimum atomic E-state index is -0.395. The molecule has 0 spiro atoms. The van der Waals surface area contributed by atoms with Crippen molar-refractivity contribution in [2.75, 3.05) is 18.4 Å². The van der Waals surface area contributed by atoms with Crippen LogP contribution < -0.4 is 5.32 Å². The maximum Gasteiger partial charge on any atom is 0.273 e. The molecule has 2 rings (SSSR count). The molecule has 0 radical (unpaired) electrons. The van der Waals surface area contributed by atoms with Crippen molar-refractivity contribution in [3.05, 3.63) is 44.9 Å². The third-order valence-corrected chi connectivity index (χ3v) is 4.88. The van der Waals surface area contributed by atoms with Gasteiger partial charge < -0.3 is 4.90 Å². The van der Waals surface area contributed by atoms with Gasteiger partial charge in [0.1, 0.15) is 5.69 Å². The van der Waals surface area contributed by atoms with Crippen molar-refractivity contribution in [2.24, 2.45) is 0 Å². The van der Waals surface area contributed by atoms with Crippen LogP contribution >= 0.6 is 34.5 Å². The molecule has 0 fully saturated rings. The zero-order chi connectivity index (χ0) is 18.4. The Morgan fingerprint density at radius 3 is 2.68 bits per heavy atom. The second kappa shape index (κ2) is 9.17. The molecule has 1 N–H and O–H groups in total. The Morgan fingerprint density at radius 2 is 2.04 bits per heavy atom. The van der Waals surface area contributed by atoms with Crippen LogP contribution in [0, 0.1) is 0 Å². The highest BCUT2D eigenvalue weighted by molar-refractivity contribution is 7.14. The summed E-state index contributed by atoms with van der Waals surface area (Å²) in [5, 5.41) is 5.38. The maximum absolute atomic E-state index is 12.5. The second-order valence-electron chi connectivity index (χ2n) is 5.35. The summed E-state index contributed by atoms with van der Waals surface area (Å²) in [4.78, 5) is 30.7. The average molecular weight is 400 g/mol. The molecular formula is C17H19Cl2N3O2S. The number of carbonyl (C=O) groups excluding carboxylic acids is 2. The summed E-state index contributed by atoms with van der Waals surface area (Å²) < 4.78 is 0. The first-order valence-corrected chi connectivity index (χ1v) is 9.61. The summed E-state index contributed by atoms with van der Waals surface area (Å²) in [7, 11) is 0. The van der Waals surface area contributed by atoms with E-state index in [1.807, 2.05) is 6.92 Å². The number of aromatic nitrogens is 1.